The quantitative estimate of drug-likeness (QED) is 0.774. The lowest BCUT2D eigenvalue weighted by atomic mass is 10.0. The molecule has 0 spiro atoms. The van der Waals surface area contributed by atoms with Crippen LogP contribution in [-0.4, -0.2) is 43.4 Å². The number of carbonyl (C=O) groups is 1. The first-order valence-electron chi connectivity index (χ1n) is 6.81. The second-order valence-corrected chi connectivity index (χ2v) is 5.14. The summed E-state index contributed by atoms with van der Waals surface area (Å²) in [6.07, 6.45) is 2.98. The average Bonchev–Trinajstić information content (AvgIpc) is 3.06. The molecule has 0 saturated carbocycles. The van der Waals surface area contributed by atoms with E-state index in [0.29, 0.717) is 18.0 Å². The van der Waals surface area contributed by atoms with E-state index in [0.717, 1.165) is 6.42 Å². The Morgan fingerprint density at radius 3 is 3.05 bits per heavy atom. The standard InChI is InChI=1S/C13H19N5O3/c1-3-6-13(2,20)9-14-11(19)8-18-16-12(15-17-18)10-5-4-7-21-10/h4-5,7,20H,3,6,8-9H2,1-2H3,(H,14,19). The van der Waals surface area contributed by atoms with E-state index >= 15 is 0 Å². The Morgan fingerprint density at radius 2 is 2.38 bits per heavy atom. The molecular formula is C13H19N5O3. The van der Waals surface area contributed by atoms with Crippen LogP contribution < -0.4 is 5.32 Å². The van der Waals surface area contributed by atoms with E-state index in [1.165, 1.54) is 11.1 Å². The van der Waals surface area contributed by atoms with Crippen molar-refractivity contribution in [1.82, 2.24) is 25.5 Å². The van der Waals surface area contributed by atoms with Crippen molar-refractivity contribution >= 4 is 5.91 Å². The van der Waals surface area contributed by atoms with Crippen LogP contribution in [0.1, 0.15) is 26.7 Å². The maximum atomic E-state index is 11.8. The molecule has 0 bridgehead atoms. The maximum absolute atomic E-state index is 11.8. The van der Waals surface area contributed by atoms with Gasteiger partial charge in [-0.05, 0) is 30.7 Å². The van der Waals surface area contributed by atoms with Gasteiger partial charge >= 0.3 is 0 Å². The minimum absolute atomic E-state index is 0.0596. The summed E-state index contributed by atoms with van der Waals surface area (Å²) >= 11 is 0. The summed E-state index contributed by atoms with van der Waals surface area (Å²) in [4.78, 5) is 13.0. The molecule has 8 heteroatoms. The monoisotopic (exact) mass is 293 g/mol. The zero-order valence-electron chi connectivity index (χ0n) is 12.1. The van der Waals surface area contributed by atoms with Gasteiger partial charge in [-0.25, -0.2) is 0 Å². The van der Waals surface area contributed by atoms with Crippen molar-refractivity contribution in [1.29, 1.82) is 0 Å². The fraction of sp³-hybridized carbons (Fsp3) is 0.538. The molecule has 0 aliphatic rings. The van der Waals surface area contributed by atoms with Crippen molar-refractivity contribution in [3.8, 4) is 11.6 Å². The van der Waals surface area contributed by atoms with Crippen LogP contribution >= 0.6 is 0 Å². The van der Waals surface area contributed by atoms with Gasteiger partial charge in [0.05, 0.1) is 11.9 Å². The van der Waals surface area contributed by atoms with E-state index in [1.807, 2.05) is 6.92 Å². The van der Waals surface area contributed by atoms with Gasteiger partial charge in [0.1, 0.15) is 6.54 Å². The van der Waals surface area contributed by atoms with Gasteiger partial charge in [0.2, 0.25) is 11.7 Å². The molecule has 0 radical (unpaired) electrons. The van der Waals surface area contributed by atoms with E-state index < -0.39 is 5.60 Å². The zero-order chi connectivity index (χ0) is 15.3. The van der Waals surface area contributed by atoms with Crippen molar-refractivity contribution < 1.29 is 14.3 Å². The molecule has 2 rings (SSSR count). The third-order valence-corrected chi connectivity index (χ3v) is 2.93. The van der Waals surface area contributed by atoms with Gasteiger partial charge in [-0.1, -0.05) is 13.3 Å². The van der Waals surface area contributed by atoms with Gasteiger partial charge in [-0.3, -0.25) is 4.79 Å². The van der Waals surface area contributed by atoms with Crippen molar-refractivity contribution in [2.45, 2.75) is 38.8 Å². The first-order chi connectivity index (χ1) is 10.00. The van der Waals surface area contributed by atoms with Crippen LogP contribution in [0.25, 0.3) is 11.6 Å². The highest BCUT2D eigenvalue weighted by Gasteiger charge is 2.20. The molecule has 0 aromatic carbocycles. The van der Waals surface area contributed by atoms with Crippen LogP contribution in [0.15, 0.2) is 22.8 Å². The van der Waals surface area contributed by atoms with Gasteiger partial charge in [0.15, 0.2) is 5.76 Å². The van der Waals surface area contributed by atoms with Gasteiger partial charge < -0.3 is 14.8 Å². The average molecular weight is 293 g/mol. The molecule has 0 saturated heterocycles. The minimum atomic E-state index is -0.903. The van der Waals surface area contributed by atoms with Crippen molar-refractivity contribution in [2.24, 2.45) is 0 Å². The van der Waals surface area contributed by atoms with Gasteiger partial charge in [-0.2, -0.15) is 4.80 Å². The van der Waals surface area contributed by atoms with Crippen molar-refractivity contribution in [2.75, 3.05) is 6.54 Å². The lowest BCUT2D eigenvalue weighted by Gasteiger charge is -2.22. The number of hydrogen-bond acceptors (Lipinski definition) is 6. The molecule has 8 nitrogen and oxygen atoms in total. The zero-order valence-corrected chi connectivity index (χ0v) is 12.1. The lowest BCUT2D eigenvalue weighted by molar-refractivity contribution is -0.123. The number of aromatic nitrogens is 4. The summed E-state index contributed by atoms with van der Waals surface area (Å²) in [6.45, 7) is 3.81. The second kappa shape index (κ2) is 6.49. The SMILES string of the molecule is CCCC(C)(O)CNC(=O)Cn1nnc(-c2ccco2)n1. The summed E-state index contributed by atoms with van der Waals surface area (Å²) in [7, 11) is 0. The number of nitrogens with one attached hydrogen (secondary N) is 1. The van der Waals surface area contributed by atoms with Crippen LogP contribution in [0.3, 0.4) is 0 Å². The molecular weight excluding hydrogens is 274 g/mol. The molecule has 0 aliphatic heterocycles. The Morgan fingerprint density at radius 1 is 1.57 bits per heavy atom. The number of carbonyl (C=O) groups excluding carboxylic acids is 1. The number of amides is 1. The molecule has 21 heavy (non-hydrogen) atoms. The van der Waals surface area contributed by atoms with Crippen LogP contribution in [0.5, 0.6) is 0 Å². The largest absolute Gasteiger partial charge is 0.461 e. The van der Waals surface area contributed by atoms with E-state index in [2.05, 4.69) is 20.7 Å². The third kappa shape index (κ3) is 4.38. The maximum Gasteiger partial charge on any atom is 0.243 e. The normalized spacial score (nSPS) is 13.9. The molecule has 0 aliphatic carbocycles. The summed E-state index contributed by atoms with van der Waals surface area (Å²) < 4.78 is 5.14. The fourth-order valence-corrected chi connectivity index (χ4v) is 1.91. The molecule has 0 fully saturated rings. The number of rotatable bonds is 7. The number of furan rings is 1. The highest BCUT2D eigenvalue weighted by Crippen LogP contribution is 2.13. The Labute approximate surface area is 122 Å². The highest BCUT2D eigenvalue weighted by atomic mass is 16.3. The van der Waals surface area contributed by atoms with Crippen molar-refractivity contribution in [3.63, 3.8) is 0 Å². The molecule has 1 amide bonds. The fourth-order valence-electron chi connectivity index (χ4n) is 1.91. The summed E-state index contributed by atoms with van der Waals surface area (Å²) in [6, 6.07) is 3.43. The van der Waals surface area contributed by atoms with Crippen LogP contribution in [0, 0.1) is 0 Å². The Bertz CT molecular complexity index is 576. The topological polar surface area (TPSA) is 106 Å². The molecule has 114 valence electrons. The van der Waals surface area contributed by atoms with Crippen LogP contribution in [0.2, 0.25) is 0 Å². The van der Waals surface area contributed by atoms with Gasteiger partial charge in [0, 0.05) is 6.54 Å². The van der Waals surface area contributed by atoms with E-state index in [4.69, 9.17) is 4.42 Å². The smallest absolute Gasteiger partial charge is 0.243 e. The Hall–Kier alpha value is -2.22. The molecule has 2 aromatic rings. The summed E-state index contributed by atoms with van der Waals surface area (Å²) in [5.41, 5.74) is -0.903. The minimum Gasteiger partial charge on any atom is -0.461 e. The van der Waals surface area contributed by atoms with E-state index in [9.17, 15) is 9.90 Å². The third-order valence-electron chi connectivity index (χ3n) is 2.93. The van der Waals surface area contributed by atoms with Crippen LogP contribution in [-0.2, 0) is 11.3 Å². The predicted molar refractivity (Wildman–Crippen MR) is 74.1 cm³/mol. The molecule has 2 aromatic heterocycles. The van der Waals surface area contributed by atoms with E-state index in [-0.39, 0.29) is 19.0 Å². The van der Waals surface area contributed by atoms with E-state index in [1.54, 1.807) is 19.1 Å². The number of hydrogen-bond donors (Lipinski definition) is 2. The lowest BCUT2D eigenvalue weighted by Crippen LogP contribution is -2.41. The Balaban J connectivity index is 1.86. The predicted octanol–water partition coefficient (Wildman–Crippen LogP) is 0.600. The highest BCUT2D eigenvalue weighted by molar-refractivity contribution is 5.75. The number of tetrazole rings is 1. The second-order valence-electron chi connectivity index (χ2n) is 5.14. The number of nitrogens with zero attached hydrogens (tertiary/aromatic N) is 4. The molecule has 2 heterocycles. The molecule has 2 N–H and O–H groups in total. The van der Waals surface area contributed by atoms with Gasteiger partial charge in [0.25, 0.3) is 0 Å². The van der Waals surface area contributed by atoms with Gasteiger partial charge in [-0.15, -0.1) is 10.2 Å². The number of aliphatic hydroxyl groups is 1. The van der Waals surface area contributed by atoms with Crippen molar-refractivity contribution in [3.05, 3.63) is 18.4 Å². The molecule has 1 unspecified atom stereocenters. The first-order valence-corrected chi connectivity index (χ1v) is 6.81. The van der Waals surface area contributed by atoms with Crippen LogP contribution in [0.4, 0.5) is 0 Å². The first kappa shape index (κ1) is 15.2. The Kier molecular flexibility index (Phi) is 4.69. The summed E-state index contributed by atoms with van der Waals surface area (Å²) in [5, 5.41) is 24.3. The molecule has 1 atom stereocenters. The summed E-state index contributed by atoms with van der Waals surface area (Å²) in [5.74, 6) is 0.535.